The molecule has 36 heteroatoms. The van der Waals surface area contributed by atoms with E-state index in [9.17, 15) is 132 Å². The highest BCUT2D eigenvalue weighted by atomic mass is 19.4. The Kier molecular flexibility index (Phi) is 14.4. The van der Waals surface area contributed by atoms with Crippen molar-refractivity contribution in [2.45, 2.75) is 95.3 Å². The third-order valence-corrected chi connectivity index (χ3v) is 14.6. The second-order valence-corrected chi connectivity index (χ2v) is 20.1. The summed E-state index contributed by atoms with van der Waals surface area (Å²) < 4.78 is 485. The van der Waals surface area contributed by atoms with Crippen LogP contribution in [0.2, 0.25) is 0 Å². The van der Waals surface area contributed by atoms with Gasteiger partial charge < -0.3 is 8.83 Å². The Morgan fingerprint density at radius 2 is 0.411 bits per heavy atom. The monoisotopic (exact) mass is 1350 g/mol. The Morgan fingerprint density at radius 3 is 0.678 bits per heavy atom. The first-order valence-electron chi connectivity index (χ1n) is 23.8. The summed E-state index contributed by atoms with van der Waals surface area (Å²) in [5.41, 5.74) is -4.79. The van der Waals surface area contributed by atoms with Crippen molar-refractivity contribution in [3.8, 4) is 22.3 Å². The molecule has 0 atom stereocenters. The average molecular weight is 1350 g/mol. The molecule has 2 heterocycles. The predicted octanol–water partition coefficient (Wildman–Crippen LogP) is 22.1. The molecule has 0 saturated carbocycles. The van der Waals surface area contributed by atoms with Crippen LogP contribution in [0.4, 0.5) is 149 Å². The van der Waals surface area contributed by atoms with Crippen LogP contribution < -0.4 is 0 Å². The normalized spacial score (nSPS) is 15.2. The van der Waals surface area contributed by atoms with Crippen molar-refractivity contribution in [1.82, 2.24) is 0 Å². The van der Waals surface area contributed by atoms with Gasteiger partial charge in [-0.3, -0.25) is 0 Å². The highest BCUT2D eigenvalue weighted by Gasteiger charge is 2.97. The number of furan rings is 2. The Bertz CT molecular complexity index is 4020. The van der Waals surface area contributed by atoms with E-state index in [4.69, 9.17) is 8.83 Å². The Labute approximate surface area is 473 Å². The third-order valence-electron chi connectivity index (χ3n) is 14.6. The molecule has 0 N–H and O–H groups in total. The topological polar surface area (TPSA) is 26.3 Å². The summed E-state index contributed by atoms with van der Waals surface area (Å²) in [4.78, 5) is 0. The van der Waals surface area contributed by atoms with E-state index in [0.717, 1.165) is 0 Å². The smallest absolute Gasteiger partial charge is 0.456 e. The molecule has 0 unspecified atom stereocenters. The van der Waals surface area contributed by atoms with Crippen LogP contribution in [-0.2, 0) is 11.8 Å². The fourth-order valence-corrected chi connectivity index (χ4v) is 9.32. The Balaban J connectivity index is 0.961. The van der Waals surface area contributed by atoms with Gasteiger partial charge in [-0.1, -0.05) is 72.8 Å². The van der Waals surface area contributed by atoms with Gasteiger partial charge in [0.15, 0.2) is 0 Å². The number of rotatable bonds is 16. The van der Waals surface area contributed by atoms with Crippen molar-refractivity contribution in [3.63, 3.8) is 0 Å². The number of fused-ring (bicyclic) bond motifs is 8. The number of hydrogen-bond donors (Lipinski definition) is 0. The lowest BCUT2D eigenvalue weighted by Crippen LogP contribution is -2.74. The summed E-state index contributed by atoms with van der Waals surface area (Å²) in [5.74, 6) is -116. The molecule has 0 bridgehead atoms. The maximum absolute atomic E-state index is 15.0. The third kappa shape index (κ3) is 8.74. The fraction of sp³-hybridized carbons (Fsp3) is 0.296. The molecule has 90 heavy (non-hydrogen) atoms. The molecule has 0 spiro atoms. The quantitative estimate of drug-likeness (QED) is 0.0902. The van der Waals surface area contributed by atoms with E-state index < -0.39 is 106 Å². The lowest BCUT2D eigenvalue weighted by atomic mass is 9.87. The van der Waals surface area contributed by atoms with Crippen LogP contribution in [-0.4, -0.2) is 83.4 Å². The van der Waals surface area contributed by atoms with E-state index in [1.165, 1.54) is 72.8 Å². The maximum atomic E-state index is 15.0. The van der Waals surface area contributed by atoms with E-state index in [1.54, 1.807) is 0 Å². The van der Waals surface area contributed by atoms with Crippen LogP contribution in [0, 0.1) is 0 Å². The summed E-state index contributed by atoms with van der Waals surface area (Å²) in [5, 5.41) is 2.74. The largest absolute Gasteiger partial charge is 0.460 e. The second kappa shape index (κ2) is 19.4. The van der Waals surface area contributed by atoms with Crippen molar-refractivity contribution in [1.29, 1.82) is 0 Å². The zero-order valence-electron chi connectivity index (χ0n) is 42.2. The number of hydrogen-bond acceptors (Lipinski definition) is 2. The minimum Gasteiger partial charge on any atom is -0.456 e. The van der Waals surface area contributed by atoms with E-state index in [-0.39, 0.29) is 79.6 Å². The summed E-state index contributed by atoms with van der Waals surface area (Å²) >= 11 is 0. The van der Waals surface area contributed by atoms with Crippen LogP contribution in [0.15, 0.2) is 130 Å². The molecule has 2 aromatic heterocycles. The van der Waals surface area contributed by atoms with E-state index in [2.05, 4.69) is 0 Å². The van der Waals surface area contributed by atoms with Crippen molar-refractivity contribution in [3.05, 3.63) is 132 Å². The summed E-state index contributed by atoms with van der Waals surface area (Å²) in [7, 11) is 0. The van der Waals surface area contributed by atoms with Crippen molar-refractivity contribution in [2.75, 3.05) is 0 Å². The average Bonchev–Trinajstić information content (AvgIpc) is 1.01. The SMILES string of the molecule is FC(F)(F)C(F)(F)C(F)(F)C(F)(F)C(F)(F)C(F)(F)C(F)(F)C(F)(F)c1ccc(-c2ccc3cc4c(cc3c2)oc2cc3c(cc24)oc2cc4cc(-c5ccc(C(F)(F)C(F)(F)C(F)(F)C(F)(F)C(F)(F)C(F)(F)C(F)(F)C(F)(F)F)cc5)ccc4cc23)cc1. The second-order valence-electron chi connectivity index (χ2n) is 20.1. The minimum atomic E-state index is -8.80. The zero-order valence-corrected chi connectivity index (χ0v) is 42.2. The molecule has 0 aliphatic rings. The molecule has 2 nitrogen and oxygen atoms in total. The zero-order chi connectivity index (χ0) is 67.9. The van der Waals surface area contributed by atoms with Crippen molar-refractivity contribution in [2.24, 2.45) is 0 Å². The van der Waals surface area contributed by atoms with Gasteiger partial charge in [-0.25, -0.2) is 0 Å². The van der Waals surface area contributed by atoms with Gasteiger partial charge in [0.1, 0.15) is 22.3 Å². The molecular weight excluding hydrogens is 1330 g/mol. The van der Waals surface area contributed by atoms with E-state index >= 15 is 17.6 Å². The number of benzene rings is 7. The van der Waals surface area contributed by atoms with Gasteiger partial charge in [0.05, 0.1) is 0 Å². The van der Waals surface area contributed by atoms with Crippen LogP contribution in [0.1, 0.15) is 11.1 Å². The predicted molar refractivity (Wildman–Crippen MR) is 246 cm³/mol. The van der Waals surface area contributed by atoms with Crippen LogP contribution in [0.5, 0.6) is 0 Å². The molecule has 0 radical (unpaired) electrons. The summed E-state index contributed by atoms with van der Waals surface area (Å²) in [6.45, 7) is 0. The molecule has 0 fully saturated rings. The van der Waals surface area contributed by atoms with Crippen LogP contribution >= 0.6 is 0 Å². The van der Waals surface area contributed by atoms with Gasteiger partial charge in [0, 0.05) is 32.7 Å². The van der Waals surface area contributed by atoms with Gasteiger partial charge in [-0.05, 0) is 92.3 Å². The molecule has 0 aliphatic carbocycles. The van der Waals surface area contributed by atoms with E-state index in [1.807, 2.05) is 0 Å². The fourth-order valence-electron chi connectivity index (χ4n) is 9.32. The first-order valence-corrected chi connectivity index (χ1v) is 23.8. The highest BCUT2D eigenvalue weighted by Crippen LogP contribution is 2.67. The van der Waals surface area contributed by atoms with Crippen LogP contribution in [0.3, 0.4) is 0 Å². The Morgan fingerprint density at radius 1 is 0.189 bits per heavy atom. The molecule has 486 valence electrons. The summed E-state index contributed by atoms with van der Waals surface area (Å²) in [6, 6.07) is 17.9. The molecule has 9 rings (SSSR count). The molecule has 0 amide bonds. The molecule has 0 aliphatic heterocycles. The van der Waals surface area contributed by atoms with Gasteiger partial charge in [-0.2, -0.15) is 149 Å². The minimum absolute atomic E-state index is 0.0160. The molecule has 0 saturated heterocycles. The van der Waals surface area contributed by atoms with Gasteiger partial charge in [-0.15, -0.1) is 0 Å². The Hall–Kier alpha value is -7.72. The van der Waals surface area contributed by atoms with E-state index in [0.29, 0.717) is 56.6 Å². The first-order chi connectivity index (χ1) is 40.5. The lowest BCUT2D eigenvalue weighted by molar-refractivity contribution is -0.462. The van der Waals surface area contributed by atoms with Gasteiger partial charge in [0.25, 0.3) is 0 Å². The molecule has 7 aromatic carbocycles. The first kappa shape index (κ1) is 66.7. The van der Waals surface area contributed by atoms with Crippen molar-refractivity contribution >= 4 is 65.4 Å². The molecule has 9 aromatic rings. The van der Waals surface area contributed by atoms with Crippen LogP contribution in [0.25, 0.3) is 87.7 Å². The maximum Gasteiger partial charge on any atom is 0.460 e. The standard InChI is InChI=1S/C54H20F34O2/c55-39(56,41(59,60)43(63,64)45(67,68)47(71,72)49(75,76)51(79,80)53(83,84)85)29-9-5-21(6-10-29)23-1-3-25-15-31-33-19-38-34(20-37(33)89-35(31)17-27(25)13-23)32-16-26-4-2-24(14-28(26)18-36(32)90-38)22-7-11-30(12-8-22)40(57,58)42(61,62)44(65,66)46(69,70)48(73,74)50(77,78)52(81,82)54(86,87)88/h1-20H. The van der Waals surface area contributed by atoms with Gasteiger partial charge in [0.2, 0.25) is 0 Å². The number of halogens is 34. The number of alkyl halides is 34. The van der Waals surface area contributed by atoms with Crippen molar-refractivity contribution < 1.29 is 158 Å². The highest BCUT2D eigenvalue weighted by molar-refractivity contribution is 6.18. The van der Waals surface area contributed by atoms with Gasteiger partial charge >= 0.3 is 95.3 Å². The lowest BCUT2D eigenvalue weighted by Gasteiger charge is -2.42. The molecular formula is C54H20F34O2. The summed E-state index contributed by atoms with van der Waals surface area (Å²) in [6.07, 6.45) is -15.8.